The third kappa shape index (κ3) is 52.3. The highest BCUT2D eigenvalue weighted by Gasteiger charge is 2.27. The lowest BCUT2D eigenvalue weighted by atomic mass is 10.0. The van der Waals surface area contributed by atoms with Gasteiger partial charge in [0.2, 0.25) is 5.91 Å². The van der Waals surface area contributed by atoms with Crippen LogP contribution in [0.25, 0.3) is 0 Å². The molecule has 69 heavy (non-hydrogen) atoms. The summed E-state index contributed by atoms with van der Waals surface area (Å²) in [5.41, 5.74) is 0. The van der Waals surface area contributed by atoms with Crippen LogP contribution in [0.1, 0.15) is 187 Å². The molecule has 1 amide bonds. The maximum absolute atomic E-state index is 12.9. The van der Waals surface area contributed by atoms with E-state index in [1.807, 2.05) is 27.2 Å². The van der Waals surface area contributed by atoms with Crippen LogP contribution >= 0.6 is 7.82 Å². The predicted octanol–water partition coefficient (Wildman–Crippen LogP) is 16.4. The number of nitrogens with one attached hydrogen (secondary N) is 1. The molecule has 0 aromatic heterocycles. The summed E-state index contributed by atoms with van der Waals surface area (Å²) in [6.45, 7) is 4.62. The van der Waals surface area contributed by atoms with Crippen LogP contribution < -0.4 is 5.32 Å². The van der Waals surface area contributed by atoms with Crippen LogP contribution in [0.4, 0.5) is 0 Å². The van der Waals surface area contributed by atoms with Gasteiger partial charge in [-0.1, -0.05) is 218 Å². The van der Waals surface area contributed by atoms with E-state index in [2.05, 4.69) is 141 Å². The number of aliphatic hydroxyl groups is 1. The number of hydrogen-bond donors (Lipinski definition) is 3. The zero-order valence-corrected chi connectivity index (χ0v) is 45.4. The van der Waals surface area contributed by atoms with E-state index in [1.165, 1.54) is 77.0 Å². The second kappa shape index (κ2) is 49.6. The molecule has 0 heterocycles. The summed E-state index contributed by atoms with van der Waals surface area (Å²) < 4.78 is 23.6. The molecule has 392 valence electrons. The van der Waals surface area contributed by atoms with Crippen LogP contribution in [-0.4, -0.2) is 73.4 Å². The molecule has 0 bridgehead atoms. The van der Waals surface area contributed by atoms with E-state index in [-0.39, 0.29) is 25.5 Å². The molecule has 3 N–H and O–H groups in total. The number of amides is 1. The predicted molar refractivity (Wildman–Crippen MR) is 299 cm³/mol. The van der Waals surface area contributed by atoms with Crippen molar-refractivity contribution >= 4 is 13.7 Å². The Bertz CT molecular complexity index is 1580. The summed E-state index contributed by atoms with van der Waals surface area (Å²) in [7, 11) is 1.49. The highest BCUT2D eigenvalue weighted by molar-refractivity contribution is 7.47. The fourth-order valence-electron chi connectivity index (χ4n) is 6.88. The maximum Gasteiger partial charge on any atom is 0.472 e. The van der Waals surface area contributed by atoms with Crippen molar-refractivity contribution in [1.82, 2.24) is 5.32 Å². The third-order valence-corrected chi connectivity index (χ3v) is 12.1. The number of nitrogens with zero attached hydrogens (tertiary/aromatic N) is 1. The summed E-state index contributed by atoms with van der Waals surface area (Å²) >= 11 is 0. The molecule has 0 saturated carbocycles. The van der Waals surface area contributed by atoms with Crippen molar-refractivity contribution < 1.29 is 32.9 Å². The van der Waals surface area contributed by atoms with Gasteiger partial charge in [0, 0.05) is 6.42 Å². The Balaban J connectivity index is 4.46. The fourth-order valence-corrected chi connectivity index (χ4v) is 7.62. The summed E-state index contributed by atoms with van der Waals surface area (Å²) in [6.07, 6.45) is 75.5. The molecule has 0 saturated heterocycles. The molecule has 3 unspecified atom stereocenters. The normalized spacial score (nSPS) is 15.1. The zero-order valence-electron chi connectivity index (χ0n) is 44.5. The molecule has 0 aliphatic heterocycles. The van der Waals surface area contributed by atoms with Gasteiger partial charge in [-0.05, 0) is 96.3 Å². The minimum atomic E-state index is -4.38. The van der Waals surface area contributed by atoms with Crippen LogP contribution in [0.2, 0.25) is 0 Å². The number of phosphoric ester groups is 1. The molecule has 0 aromatic rings. The topological polar surface area (TPSA) is 105 Å². The lowest BCUT2D eigenvalue weighted by molar-refractivity contribution is -0.870. The van der Waals surface area contributed by atoms with Crippen molar-refractivity contribution in [3.05, 3.63) is 134 Å². The van der Waals surface area contributed by atoms with Gasteiger partial charge in [0.1, 0.15) is 13.2 Å². The van der Waals surface area contributed by atoms with Crippen molar-refractivity contribution in [2.24, 2.45) is 0 Å². The number of quaternary nitrogens is 1. The molecular formula is C60H102N2O6P+. The van der Waals surface area contributed by atoms with Crippen LogP contribution in [0.5, 0.6) is 0 Å². The molecule has 9 heteroatoms. The second-order valence-electron chi connectivity index (χ2n) is 18.9. The first-order valence-electron chi connectivity index (χ1n) is 27.1. The van der Waals surface area contributed by atoms with Crippen LogP contribution in [0.3, 0.4) is 0 Å². The lowest BCUT2D eigenvalue weighted by Gasteiger charge is -2.25. The minimum Gasteiger partial charge on any atom is -0.387 e. The monoisotopic (exact) mass is 978 g/mol. The first-order valence-corrected chi connectivity index (χ1v) is 28.6. The molecule has 0 aliphatic rings. The Labute approximate surface area is 424 Å². The standard InChI is InChI=1S/C60H101N2O6P/c1-6-8-10-12-14-16-18-20-22-24-26-27-28-29-30-31-32-33-34-35-36-38-40-42-44-46-48-50-52-54-60(64)61-58(57-68-69(65,66)67-56-55-62(3,4)5)59(63)53-51-49-47-45-43-41-39-37-25-23-21-19-17-15-13-11-9-7-2/h8,10,14,16,20,22,26-27,29-30,32-33,35-36,40,42-43,45-46,48,51,53,58-59,63H,6-7,9,11-13,15,17-19,21,23-25,28,31,34,37-39,41,44,47,49-50,52,54-57H2,1-5H3,(H-,61,64,65,66)/p+1/b10-8-,16-14-,22-20-,27-26-,30-29-,33-32-,36-35-,42-40-,45-43+,48-46-,53-51+. The molecule has 0 radical (unpaired) electrons. The van der Waals surface area contributed by atoms with Crippen molar-refractivity contribution in [3.8, 4) is 0 Å². The number of rotatable bonds is 47. The first-order chi connectivity index (χ1) is 33.5. The quantitative estimate of drug-likeness (QED) is 0.0243. The molecule has 0 aliphatic carbocycles. The highest BCUT2D eigenvalue weighted by atomic mass is 31.2. The van der Waals surface area contributed by atoms with E-state index < -0.39 is 20.0 Å². The second-order valence-corrected chi connectivity index (χ2v) is 20.3. The van der Waals surface area contributed by atoms with Crippen LogP contribution in [0, 0.1) is 0 Å². The van der Waals surface area contributed by atoms with Crippen molar-refractivity contribution in [3.63, 3.8) is 0 Å². The average molecular weight is 978 g/mol. The molecule has 8 nitrogen and oxygen atoms in total. The number of unbranched alkanes of at least 4 members (excludes halogenated alkanes) is 14. The molecule has 0 fully saturated rings. The number of carbonyl (C=O) groups excluding carboxylic acids is 1. The van der Waals surface area contributed by atoms with Gasteiger partial charge in [-0.3, -0.25) is 13.8 Å². The van der Waals surface area contributed by atoms with Crippen molar-refractivity contribution in [2.75, 3.05) is 40.9 Å². The summed E-state index contributed by atoms with van der Waals surface area (Å²) in [6, 6.07) is -0.905. The van der Waals surface area contributed by atoms with Crippen molar-refractivity contribution in [1.29, 1.82) is 0 Å². The highest BCUT2D eigenvalue weighted by Crippen LogP contribution is 2.43. The summed E-state index contributed by atoms with van der Waals surface area (Å²) in [5, 5.41) is 13.8. The number of hydrogen-bond acceptors (Lipinski definition) is 5. The van der Waals surface area contributed by atoms with Gasteiger partial charge in [0.25, 0.3) is 0 Å². The van der Waals surface area contributed by atoms with E-state index in [0.717, 1.165) is 83.5 Å². The van der Waals surface area contributed by atoms with Gasteiger partial charge >= 0.3 is 7.82 Å². The summed E-state index contributed by atoms with van der Waals surface area (Å²) in [5.74, 6) is -0.250. The van der Waals surface area contributed by atoms with E-state index in [9.17, 15) is 19.4 Å². The smallest absolute Gasteiger partial charge is 0.387 e. The molecular weight excluding hydrogens is 876 g/mol. The summed E-state index contributed by atoms with van der Waals surface area (Å²) in [4.78, 5) is 23.2. The van der Waals surface area contributed by atoms with Gasteiger partial charge in [-0.2, -0.15) is 0 Å². The molecule has 0 rings (SSSR count). The number of carbonyl (C=O) groups is 1. The largest absolute Gasteiger partial charge is 0.472 e. The Hall–Kier alpha value is -3.36. The number of aliphatic hydroxyl groups excluding tert-OH is 1. The van der Waals surface area contributed by atoms with E-state index >= 15 is 0 Å². The van der Waals surface area contributed by atoms with Gasteiger partial charge in [-0.15, -0.1) is 0 Å². The fraction of sp³-hybridized carbons (Fsp3) is 0.617. The Morgan fingerprint density at radius 2 is 0.884 bits per heavy atom. The number of likely N-dealkylation sites (N-methyl/N-ethyl adjacent to an activating group) is 1. The van der Waals surface area contributed by atoms with Crippen molar-refractivity contribution in [2.45, 2.75) is 199 Å². The van der Waals surface area contributed by atoms with E-state index in [0.29, 0.717) is 17.4 Å². The van der Waals surface area contributed by atoms with E-state index in [1.54, 1.807) is 6.08 Å². The lowest BCUT2D eigenvalue weighted by Crippen LogP contribution is -2.45. The van der Waals surface area contributed by atoms with Crippen LogP contribution in [0.15, 0.2) is 134 Å². The van der Waals surface area contributed by atoms with Gasteiger partial charge < -0.3 is 19.8 Å². The molecule has 0 spiro atoms. The SMILES string of the molecule is CC/C=C\C/C=C\C/C=C\C/C=C\C/C=C\C/C=C\C/C=C\C/C=C\C/C=C\CCCC(=O)NC(COP(=O)(O)OCC[N+](C)(C)C)C(O)/C=C/CC/C=C/CCCCCCCCCCCCCC. The first kappa shape index (κ1) is 65.6. The zero-order chi connectivity index (χ0) is 50.6. The Morgan fingerprint density at radius 1 is 0.507 bits per heavy atom. The Morgan fingerprint density at radius 3 is 1.33 bits per heavy atom. The molecule has 0 aromatic carbocycles. The number of allylic oxidation sites excluding steroid dienone is 21. The number of phosphoric acid groups is 1. The van der Waals surface area contributed by atoms with Gasteiger partial charge in [0.05, 0.1) is 39.9 Å². The van der Waals surface area contributed by atoms with E-state index in [4.69, 9.17) is 9.05 Å². The van der Waals surface area contributed by atoms with Gasteiger partial charge in [-0.25, -0.2) is 4.57 Å². The average Bonchev–Trinajstić information content (AvgIpc) is 3.31. The minimum absolute atomic E-state index is 0.0374. The Kier molecular flexibility index (Phi) is 47.2. The van der Waals surface area contributed by atoms with Gasteiger partial charge in [0.15, 0.2) is 0 Å². The maximum atomic E-state index is 12.9. The molecule has 3 atom stereocenters. The van der Waals surface area contributed by atoms with Crippen LogP contribution in [-0.2, 0) is 18.4 Å². The third-order valence-electron chi connectivity index (χ3n) is 11.1.